The third-order valence-electron chi connectivity index (χ3n) is 3.83. The molecule has 0 aliphatic carbocycles. The van der Waals surface area contributed by atoms with Crippen molar-refractivity contribution in [3.8, 4) is 0 Å². The molecule has 1 N–H and O–H groups in total. The average molecular weight is 411 g/mol. The second-order valence-electron chi connectivity index (χ2n) is 6.04. The Kier molecular flexibility index (Phi) is 7.65. The SMILES string of the molecule is C[C@H](C(=O)NCCOCc1ccccc1)N(c1ccc(Cl)cc1)S(C)(=O)=O. The fraction of sp³-hybridized carbons (Fsp3) is 0.316. The van der Waals surface area contributed by atoms with E-state index in [0.29, 0.717) is 23.9 Å². The average Bonchev–Trinajstić information content (AvgIpc) is 2.62. The molecule has 0 bridgehead atoms. The van der Waals surface area contributed by atoms with Gasteiger partial charge in [-0.3, -0.25) is 9.10 Å². The van der Waals surface area contributed by atoms with E-state index in [4.69, 9.17) is 16.3 Å². The smallest absolute Gasteiger partial charge is 0.243 e. The van der Waals surface area contributed by atoms with E-state index in [0.717, 1.165) is 16.1 Å². The van der Waals surface area contributed by atoms with Crippen LogP contribution in [-0.4, -0.2) is 39.8 Å². The topological polar surface area (TPSA) is 75.7 Å². The van der Waals surface area contributed by atoms with Crippen molar-refractivity contribution < 1.29 is 17.9 Å². The molecule has 0 aromatic heterocycles. The van der Waals surface area contributed by atoms with Gasteiger partial charge in [0.05, 0.1) is 25.2 Å². The van der Waals surface area contributed by atoms with Crippen LogP contribution in [0.5, 0.6) is 0 Å². The first-order valence-corrected chi connectivity index (χ1v) is 10.7. The molecule has 0 heterocycles. The number of carbonyl (C=O) groups is 1. The van der Waals surface area contributed by atoms with Gasteiger partial charge in [-0.05, 0) is 36.8 Å². The zero-order valence-corrected chi connectivity index (χ0v) is 16.8. The Morgan fingerprint density at radius 3 is 2.37 bits per heavy atom. The van der Waals surface area contributed by atoms with Crippen LogP contribution in [0.1, 0.15) is 12.5 Å². The Morgan fingerprint density at radius 2 is 1.78 bits per heavy atom. The van der Waals surface area contributed by atoms with Crippen LogP contribution in [-0.2, 0) is 26.2 Å². The molecule has 0 unspecified atom stereocenters. The van der Waals surface area contributed by atoms with E-state index in [-0.39, 0.29) is 6.54 Å². The molecule has 0 fully saturated rings. The number of rotatable bonds is 9. The van der Waals surface area contributed by atoms with Gasteiger partial charge in [0.2, 0.25) is 15.9 Å². The highest BCUT2D eigenvalue weighted by molar-refractivity contribution is 7.92. The Morgan fingerprint density at radius 1 is 1.15 bits per heavy atom. The summed E-state index contributed by atoms with van der Waals surface area (Å²) in [6.45, 7) is 2.60. The van der Waals surface area contributed by atoms with Crippen molar-refractivity contribution >= 4 is 33.2 Å². The molecule has 2 aromatic rings. The van der Waals surface area contributed by atoms with Crippen LogP contribution in [0.25, 0.3) is 0 Å². The number of nitrogens with one attached hydrogen (secondary N) is 1. The number of ether oxygens (including phenoxy) is 1. The zero-order valence-electron chi connectivity index (χ0n) is 15.3. The minimum atomic E-state index is -3.65. The van der Waals surface area contributed by atoms with Crippen LogP contribution in [0.3, 0.4) is 0 Å². The van der Waals surface area contributed by atoms with E-state index in [9.17, 15) is 13.2 Å². The lowest BCUT2D eigenvalue weighted by Crippen LogP contribution is -2.48. The molecule has 8 heteroatoms. The third kappa shape index (κ3) is 6.53. The van der Waals surface area contributed by atoms with Gasteiger partial charge in [-0.2, -0.15) is 0 Å². The Balaban J connectivity index is 1.90. The molecule has 2 rings (SSSR count). The van der Waals surface area contributed by atoms with Crippen molar-refractivity contribution in [2.45, 2.75) is 19.6 Å². The fourth-order valence-electron chi connectivity index (χ4n) is 2.56. The van der Waals surface area contributed by atoms with E-state index in [1.54, 1.807) is 24.3 Å². The number of nitrogens with zero attached hydrogens (tertiary/aromatic N) is 1. The summed E-state index contributed by atoms with van der Waals surface area (Å²) in [6, 6.07) is 15.1. The van der Waals surface area contributed by atoms with Gasteiger partial charge in [0.25, 0.3) is 0 Å². The lowest BCUT2D eigenvalue weighted by Gasteiger charge is -2.28. The van der Waals surface area contributed by atoms with E-state index < -0.39 is 22.0 Å². The molecule has 27 heavy (non-hydrogen) atoms. The van der Waals surface area contributed by atoms with Gasteiger partial charge in [0.15, 0.2) is 0 Å². The molecule has 0 radical (unpaired) electrons. The first-order chi connectivity index (χ1) is 12.8. The molecule has 1 atom stereocenters. The molecule has 0 saturated heterocycles. The molecule has 6 nitrogen and oxygen atoms in total. The number of carbonyl (C=O) groups excluding carboxylic acids is 1. The van der Waals surface area contributed by atoms with Gasteiger partial charge in [-0.1, -0.05) is 41.9 Å². The predicted octanol–water partition coefficient (Wildman–Crippen LogP) is 2.83. The molecule has 0 aliphatic rings. The van der Waals surface area contributed by atoms with E-state index >= 15 is 0 Å². The van der Waals surface area contributed by atoms with Gasteiger partial charge < -0.3 is 10.1 Å². The van der Waals surface area contributed by atoms with E-state index in [1.165, 1.54) is 6.92 Å². The molecule has 1 amide bonds. The lowest BCUT2D eigenvalue weighted by atomic mass is 10.2. The van der Waals surface area contributed by atoms with Gasteiger partial charge in [0.1, 0.15) is 6.04 Å². The largest absolute Gasteiger partial charge is 0.375 e. The Bertz CT molecular complexity index is 842. The highest BCUT2D eigenvalue weighted by Gasteiger charge is 2.28. The van der Waals surface area contributed by atoms with Gasteiger partial charge in [-0.15, -0.1) is 0 Å². The van der Waals surface area contributed by atoms with Crippen LogP contribution in [0, 0.1) is 0 Å². The normalized spacial score (nSPS) is 12.4. The van der Waals surface area contributed by atoms with Crippen LogP contribution in [0.4, 0.5) is 5.69 Å². The summed E-state index contributed by atoms with van der Waals surface area (Å²) < 4.78 is 31.0. The highest BCUT2D eigenvalue weighted by atomic mass is 35.5. The number of anilines is 1. The van der Waals surface area contributed by atoms with E-state index in [2.05, 4.69) is 5.32 Å². The summed E-state index contributed by atoms with van der Waals surface area (Å²) in [6.07, 6.45) is 1.06. The summed E-state index contributed by atoms with van der Waals surface area (Å²) in [5, 5.41) is 3.19. The number of sulfonamides is 1. The van der Waals surface area contributed by atoms with Crippen molar-refractivity contribution in [2.24, 2.45) is 0 Å². The minimum absolute atomic E-state index is 0.286. The molecule has 146 valence electrons. The summed E-state index contributed by atoms with van der Waals surface area (Å²) in [7, 11) is -3.65. The predicted molar refractivity (Wildman–Crippen MR) is 107 cm³/mol. The lowest BCUT2D eigenvalue weighted by molar-refractivity contribution is -0.122. The summed E-state index contributed by atoms with van der Waals surface area (Å²) in [5.41, 5.74) is 1.42. The summed E-state index contributed by atoms with van der Waals surface area (Å²) >= 11 is 5.85. The standard InChI is InChI=1S/C19H23ClN2O4S/c1-15(22(27(2,24)25)18-10-8-17(20)9-11-18)19(23)21-12-13-26-14-16-6-4-3-5-7-16/h3-11,15H,12-14H2,1-2H3,(H,21,23)/t15-/m1/s1. The van der Waals surface area contributed by atoms with Crippen LogP contribution >= 0.6 is 11.6 Å². The van der Waals surface area contributed by atoms with E-state index in [1.807, 2.05) is 30.3 Å². The quantitative estimate of drug-likeness (QED) is 0.645. The Hall–Kier alpha value is -2.09. The van der Waals surface area contributed by atoms with Crippen molar-refractivity contribution in [1.82, 2.24) is 5.32 Å². The number of benzene rings is 2. The second-order valence-corrected chi connectivity index (χ2v) is 8.34. The van der Waals surface area contributed by atoms with Gasteiger partial charge >= 0.3 is 0 Å². The van der Waals surface area contributed by atoms with Crippen molar-refractivity contribution in [1.29, 1.82) is 0 Å². The number of hydrogen-bond donors (Lipinski definition) is 1. The van der Waals surface area contributed by atoms with Crippen molar-refractivity contribution in [2.75, 3.05) is 23.7 Å². The maximum absolute atomic E-state index is 12.4. The summed E-state index contributed by atoms with van der Waals surface area (Å²) in [4.78, 5) is 12.4. The van der Waals surface area contributed by atoms with Crippen LogP contribution < -0.4 is 9.62 Å². The fourth-order valence-corrected chi connectivity index (χ4v) is 3.86. The molecule has 0 aliphatic heterocycles. The van der Waals surface area contributed by atoms with Crippen molar-refractivity contribution in [3.63, 3.8) is 0 Å². The molecule has 0 spiro atoms. The molecule has 2 aromatic carbocycles. The number of halogens is 1. The first kappa shape index (κ1) is 21.2. The molecule has 0 saturated carbocycles. The minimum Gasteiger partial charge on any atom is -0.375 e. The highest BCUT2D eigenvalue weighted by Crippen LogP contribution is 2.22. The zero-order chi connectivity index (χ0) is 19.9. The van der Waals surface area contributed by atoms with Crippen LogP contribution in [0.15, 0.2) is 54.6 Å². The summed E-state index contributed by atoms with van der Waals surface area (Å²) in [5.74, 6) is -0.404. The number of amides is 1. The van der Waals surface area contributed by atoms with Crippen LogP contribution in [0.2, 0.25) is 5.02 Å². The van der Waals surface area contributed by atoms with Gasteiger partial charge in [0, 0.05) is 11.6 Å². The molecular weight excluding hydrogens is 388 g/mol. The molecular formula is C19H23ClN2O4S. The van der Waals surface area contributed by atoms with Crippen molar-refractivity contribution in [3.05, 3.63) is 65.2 Å². The third-order valence-corrected chi connectivity index (χ3v) is 5.32. The second kappa shape index (κ2) is 9.73. The maximum Gasteiger partial charge on any atom is 0.243 e. The van der Waals surface area contributed by atoms with Gasteiger partial charge in [-0.25, -0.2) is 8.42 Å². The maximum atomic E-state index is 12.4. The first-order valence-electron chi connectivity index (χ1n) is 8.43. The number of hydrogen-bond acceptors (Lipinski definition) is 4. The monoisotopic (exact) mass is 410 g/mol. The Labute approximate surface area is 165 Å².